The first-order valence-electron chi connectivity index (χ1n) is 3.16. The van der Waals surface area contributed by atoms with Gasteiger partial charge in [-0.25, -0.2) is 8.78 Å². The van der Waals surface area contributed by atoms with Crippen LogP contribution in [0.25, 0.3) is 0 Å². The summed E-state index contributed by atoms with van der Waals surface area (Å²) in [5.74, 6) is 0. The SMILES string of the molecule is FC1CCC(S)CC1F. The van der Waals surface area contributed by atoms with Gasteiger partial charge >= 0.3 is 0 Å². The molecule has 0 saturated heterocycles. The van der Waals surface area contributed by atoms with E-state index in [2.05, 4.69) is 12.6 Å². The van der Waals surface area contributed by atoms with Crippen LogP contribution >= 0.6 is 12.6 Å². The lowest BCUT2D eigenvalue weighted by atomic mass is 9.97. The van der Waals surface area contributed by atoms with Crippen LogP contribution in [0.2, 0.25) is 0 Å². The highest BCUT2D eigenvalue weighted by Crippen LogP contribution is 2.26. The lowest BCUT2D eigenvalue weighted by molar-refractivity contribution is 0.123. The van der Waals surface area contributed by atoms with Crippen LogP contribution in [0.5, 0.6) is 0 Å². The molecule has 1 aliphatic carbocycles. The van der Waals surface area contributed by atoms with Crippen molar-refractivity contribution in [3.05, 3.63) is 0 Å². The van der Waals surface area contributed by atoms with Gasteiger partial charge in [0.05, 0.1) is 0 Å². The van der Waals surface area contributed by atoms with Crippen molar-refractivity contribution in [3.8, 4) is 0 Å². The monoisotopic (exact) mass is 152 g/mol. The van der Waals surface area contributed by atoms with Gasteiger partial charge in [0.2, 0.25) is 0 Å². The predicted octanol–water partition coefficient (Wildman–Crippen LogP) is 2.14. The molecule has 0 bridgehead atoms. The van der Waals surface area contributed by atoms with Crippen molar-refractivity contribution in [3.63, 3.8) is 0 Å². The molecule has 0 aromatic heterocycles. The van der Waals surface area contributed by atoms with Crippen molar-refractivity contribution in [2.24, 2.45) is 0 Å². The molecule has 1 fully saturated rings. The molecule has 3 heteroatoms. The fraction of sp³-hybridized carbons (Fsp3) is 1.00. The summed E-state index contributed by atoms with van der Waals surface area (Å²) in [5, 5.41) is 0.0759. The molecule has 1 saturated carbocycles. The molecule has 3 atom stereocenters. The normalized spacial score (nSPS) is 45.0. The summed E-state index contributed by atoms with van der Waals surface area (Å²) in [6.07, 6.45) is -1.15. The summed E-state index contributed by atoms with van der Waals surface area (Å²) in [7, 11) is 0. The maximum Gasteiger partial charge on any atom is 0.132 e. The van der Waals surface area contributed by atoms with Crippen molar-refractivity contribution >= 4 is 12.6 Å². The highest BCUT2D eigenvalue weighted by molar-refractivity contribution is 7.80. The topological polar surface area (TPSA) is 0 Å². The number of thiol groups is 1. The molecule has 1 rings (SSSR count). The van der Waals surface area contributed by atoms with Crippen molar-refractivity contribution in [1.82, 2.24) is 0 Å². The molecule has 0 aliphatic heterocycles. The number of alkyl halides is 2. The summed E-state index contributed by atoms with van der Waals surface area (Å²) in [6.45, 7) is 0. The first kappa shape index (κ1) is 7.32. The lowest BCUT2D eigenvalue weighted by Crippen LogP contribution is -2.27. The van der Waals surface area contributed by atoms with Crippen LogP contribution in [0.1, 0.15) is 19.3 Å². The van der Waals surface area contributed by atoms with Gasteiger partial charge in [-0.3, -0.25) is 0 Å². The first-order valence-corrected chi connectivity index (χ1v) is 3.68. The number of halogens is 2. The van der Waals surface area contributed by atoms with Crippen LogP contribution in [0.3, 0.4) is 0 Å². The summed E-state index contributed by atoms with van der Waals surface area (Å²) < 4.78 is 24.7. The highest BCUT2D eigenvalue weighted by Gasteiger charge is 2.28. The molecular weight excluding hydrogens is 142 g/mol. The largest absolute Gasteiger partial charge is 0.244 e. The minimum absolute atomic E-state index is 0.0759. The third kappa shape index (κ3) is 1.81. The van der Waals surface area contributed by atoms with Gasteiger partial charge in [0.15, 0.2) is 0 Å². The van der Waals surface area contributed by atoms with Gasteiger partial charge < -0.3 is 0 Å². The second-order valence-corrected chi connectivity index (χ2v) is 3.23. The van der Waals surface area contributed by atoms with E-state index in [1.807, 2.05) is 0 Å². The number of rotatable bonds is 0. The van der Waals surface area contributed by atoms with Gasteiger partial charge in [-0.1, -0.05) is 0 Å². The van der Waals surface area contributed by atoms with Gasteiger partial charge in [-0.05, 0) is 19.3 Å². The maximum absolute atomic E-state index is 12.4. The van der Waals surface area contributed by atoms with Crippen LogP contribution in [-0.4, -0.2) is 17.6 Å². The Labute approximate surface area is 59.0 Å². The first-order chi connectivity index (χ1) is 4.20. The average Bonchev–Trinajstić information content (AvgIpc) is 1.80. The number of hydrogen-bond acceptors (Lipinski definition) is 1. The van der Waals surface area contributed by atoms with Crippen LogP contribution in [0.15, 0.2) is 0 Å². The van der Waals surface area contributed by atoms with Gasteiger partial charge in [0, 0.05) is 5.25 Å². The van der Waals surface area contributed by atoms with E-state index in [9.17, 15) is 8.78 Å². The molecule has 1 aliphatic rings. The zero-order chi connectivity index (χ0) is 6.85. The Bertz CT molecular complexity index is 97.1. The van der Waals surface area contributed by atoms with Gasteiger partial charge in [0.1, 0.15) is 12.3 Å². The van der Waals surface area contributed by atoms with E-state index in [0.717, 1.165) is 0 Å². The molecule has 0 spiro atoms. The smallest absolute Gasteiger partial charge is 0.132 e. The standard InChI is InChI=1S/C6H10F2S/c7-5-2-1-4(9)3-6(5)8/h4-6,9H,1-3H2. The Morgan fingerprint density at radius 3 is 2.22 bits per heavy atom. The van der Waals surface area contributed by atoms with Crippen molar-refractivity contribution in [2.75, 3.05) is 0 Å². The quantitative estimate of drug-likeness (QED) is 0.505. The molecule has 0 aromatic carbocycles. The summed E-state index contributed by atoms with van der Waals surface area (Å²) in [4.78, 5) is 0. The average molecular weight is 152 g/mol. The Balaban J connectivity index is 2.35. The summed E-state index contributed by atoms with van der Waals surface area (Å²) in [6, 6.07) is 0. The lowest BCUT2D eigenvalue weighted by Gasteiger charge is -2.23. The van der Waals surface area contributed by atoms with Gasteiger partial charge in [-0.2, -0.15) is 12.6 Å². The summed E-state index contributed by atoms with van der Waals surface area (Å²) in [5.41, 5.74) is 0. The van der Waals surface area contributed by atoms with Crippen LogP contribution in [0, 0.1) is 0 Å². The van der Waals surface area contributed by atoms with Crippen LogP contribution < -0.4 is 0 Å². The molecular formula is C6H10F2S. The minimum atomic E-state index is -1.26. The zero-order valence-corrected chi connectivity index (χ0v) is 5.95. The van der Waals surface area contributed by atoms with E-state index in [0.29, 0.717) is 12.8 Å². The predicted molar refractivity (Wildman–Crippen MR) is 36.4 cm³/mol. The molecule has 54 valence electrons. The fourth-order valence-electron chi connectivity index (χ4n) is 1.06. The van der Waals surface area contributed by atoms with Gasteiger partial charge in [-0.15, -0.1) is 0 Å². The molecule has 0 nitrogen and oxygen atoms in total. The third-order valence-corrected chi connectivity index (χ3v) is 2.13. The van der Waals surface area contributed by atoms with Crippen LogP contribution in [0.4, 0.5) is 8.78 Å². The second-order valence-electron chi connectivity index (χ2n) is 2.50. The third-order valence-electron chi connectivity index (χ3n) is 1.67. The van der Waals surface area contributed by atoms with Crippen molar-refractivity contribution in [2.45, 2.75) is 36.9 Å². The van der Waals surface area contributed by atoms with E-state index in [4.69, 9.17) is 0 Å². The van der Waals surface area contributed by atoms with E-state index < -0.39 is 12.3 Å². The molecule has 0 heterocycles. The zero-order valence-electron chi connectivity index (χ0n) is 5.06. The Morgan fingerprint density at radius 2 is 1.78 bits per heavy atom. The molecule has 0 radical (unpaired) electrons. The fourth-order valence-corrected chi connectivity index (χ4v) is 1.41. The molecule has 0 aromatic rings. The van der Waals surface area contributed by atoms with E-state index in [-0.39, 0.29) is 11.7 Å². The highest BCUT2D eigenvalue weighted by atomic mass is 32.1. The second kappa shape index (κ2) is 2.86. The molecule has 0 amide bonds. The van der Waals surface area contributed by atoms with E-state index in [1.165, 1.54) is 0 Å². The van der Waals surface area contributed by atoms with E-state index >= 15 is 0 Å². The minimum Gasteiger partial charge on any atom is -0.244 e. The molecule has 9 heavy (non-hydrogen) atoms. The summed E-state index contributed by atoms with van der Waals surface area (Å²) >= 11 is 4.05. The van der Waals surface area contributed by atoms with E-state index in [1.54, 1.807) is 0 Å². The Kier molecular flexibility index (Phi) is 2.33. The molecule has 0 N–H and O–H groups in total. The van der Waals surface area contributed by atoms with Gasteiger partial charge in [0.25, 0.3) is 0 Å². The Morgan fingerprint density at radius 1 is 1.11 bits per heavy atom. The van der Waals surface area contributed by atoms with Crippen LogP contribution in [-0.2, 0) is 0 Å². The number of hydrogen-bond donors (Lipinski definition) is 1. The molecule has 3 unspecified atom stereocenters. The maximum atomic E-state index is 12.4. The van der Waals surface area contributed by atoms with Crippen molar-refractivity contribution in [1.29, 1.82) is 0 Å². The Hall–Kier alpha value is 0.210. The van der Waals surface area contributed by atoms with Crippen molar-refractivity contribution < 1.29 is 8.78 Å².